The molecule has 2 unspecified atom stereocenters. The lowest BCUT2D eigenvalue weighted by atomic mass is 10.4. The van der Waals surface area contributed by atoms with Crippen LogP contribution in [0.15, 0.2) is 6.20 Å². The van der Waals surface area contributed by atoms with Gasteiger partial charge in [0, 0.05) is 11.5 Å². The summed E-state index contributed by atoms with van der Waals surface area (Å²) in [5.41, 5.74) is 0. The summed E-state index contributed by atoms with van der Waals surface area (Å²) < 4.78 is 25.6. The Labute approximate surface area is 113 Å². The second-order valence-corrected chi connectivity index (χ2v) is 5.12. The molecule has 0 bridgehead atoms. The van der Waals surface area contributed by atoms with Crippen molar-refractivity contribution in [1.82, 2.24) is 24.4 Å². The Kier molecular flexibility index (Phi) is 3.92. The van der Waals surface area contributed by atoms with Crippen molar-refractivity contribution in [3.8, 4) is 0 Å². The first-order chi connectivity index (χ1) is 9.06. The SMILES string of the molecule is CCn1c([N+](=O)[O-])cnc1C(c1nnns1)S(=O)O. The molecule has 0 aliphatic rings. The third kappa shape index (κ3) is 2.50. The zero-order chi connectivity index (χ0) is 14.0. The third-order valence-electron chi connectivity index (χ3n) is 2.34. The molecule has 19 heavy (non-hydrogen) atoms. The Morgan fingerprint density at radius 2 is 2.42 bits per heavy atom. The summed E-state index contributed by atoms with van der Waals surface area (Å²) in [4.78, 5) is 14.1. The van der Waals surface area contributed by atoms with Crippen LogP contribution in [-0.4, -0.2) is 38.0 Å². The summed E-state index contributed by atoms with van der Waals surface area (Å²) in [6, 6.07) is 0. The molecule has 0 saturated carbocycles. The molecule has 1 N–H and O–H groups in total. The first-order valence-corrected chi connectivity index (χ1v) is 6.95. The summed E-state index contributed by atoms with van der Waals surface area (Å²) in [5, 5.41) is 16.9. The topological polar surface area (TPSA) is 137 Å². The zero-order valence-electron chi connectivity index (χ0n) is 9.53. The summed E-state index contributed by atoms with van der Waals surface area (Å²) in [6.07, 6.45) is 1.05. The van der Waals surface area contributed by atoms with E-state index in [4.69, 9.17) is 0 Å². The van der Waals surface area contributed by atoms with Crippen molar-refractivity contribution in [2.24, 2.45) is 0 Å². The molecule has 2 heterocycles. The minimum atomic E-state index is -2.33. The van der Waals surface area contributed by atoms with Crippen molar-refractivity contribution in [2.75, 3.05) is 0 Å². The van der Waals surface area contributed by atoms with Gasteiger partial charge in [0.1, 0.15) is 6.20 Å². The first kappa shape index (κ1) is 13.6. The second kappa shape index (κ2) is 5.46. The summed E-state index contributed by atoms with van der Waals surface area (Å²) >= 11 is -1.49. The number of nitro groups is 1. The number of hydrogen-bond donors (Lipinski definition) is 1. The zero-order valence-corrected chi connectivity index (χ0v) is 11.2. The Balaban J connectivity index is 2.55. The van der Waals surface area contributed by atoms with E-state index in [9.17, 15) is 18.9 Å². The highest BCUT2D eigenvalue weighted by Gasteiger charge is 2.34. The molecule has 0 fully saturated rings. The van der Waals surface area contributed by atoms with Crippen LogP contribution in [0, 0.1) is 10.1 Å². The maximum Gasteiger partial charge on any atom is 0.342 e. The fourth-order valence-electron chi connectivity index (χ4n) is 1.59. The van der Waals surface area contributed by atoms with Crippen molar-refractivity contribution in [1.29, 1.82) is 0 Å². The van der Waals surface area contributed by atoms with E-state index in [0.717, 1.165) is 17.7 Å². The molecule has 0 saturated heterocycles. The summed E-state index contributed by atoms with van der Waals surface area (Å²) in [7, 11) is 0. The lowest BCUT2D eigenvalue weighted by Gasteiger charge is -2.07. The predicted molar refractivity (Wildman–Crippen MR) is 64.9 cm³/mol. The highest BCUT2D eigenvalue weighted by molar-refractivity contribution is 7.79. The molecular formula is C7H8N6O4S2. The molecule has 2 aromatic rings. The molecule has 12 heteroatoms. The van der Waals surface area contributed by atoms with Crippen LogP contribution in [-0.2, 0) is 17.6 Å². The summed E-state index contributed by atoms with van der Waals surface area (Å²) in [6.45, 7) is 1.92. The van der Waals surface area contributed by atoms with E-state index < -0.39 is 21.3 Å². The third-order valence-corrected chi connectivity index (χ3v) is 3.99. The van der Waals surface area contributed by atoms with Crippen molar-refractivity contribution in [3.05, 3.63) is 27.1 Å². The number of nitrogens with zero attached hydrogens (tertiary/aromatic N) is 6. The van der Waals surface area contributed by atoms with Crippen molar-refractivity contribution in [2.45, 2.75) is 18.7 Å². The van der Waals surface area contributed by atoms with Gasteiger partial charge >= 0.3 is 5.82 Å². The first-order valence-electron chi connectivity index (χ1n) is 5.00. The van der Waals surface area contributed by atoms with Gasteiger partial charge in [0.25, 0.3) is 0 Å². The van der Waals surface area contributed by atoms with Crippen LogP contribution in [0.25, 0.3) is 0 Å². The molecule has 102 valence electrons. The molecule has 10 nitrogen and oxygen atoms in total. The standard InChI is InChI=1S/C7H8N6O4S2/c1-2-12-4(13(14)15)3-8-6(12)5(19(16)17)7-9-10-11-18-7/h3,5H,2H2,1H3,(H,16,17). The van der Waals surface area contributed by atoms with E-state index in [-0.39, 0.29) is 23.2 Å². The molecular weight excluding hydrogens is 296 g/mol. The number of imidazole rings is 1. The molecule has 0 aromatic carbocycles. The Hall–Kier alpha value is -1.79. The number of rotatable bonds is 5. The lowest BCUT2D eigenvalue weighted by molar-refractivity contribution is -0.392. The summed E-state index contributed by atoms with van der Waals surface area (Å²) in [5.74, 6) is -0.154. The van der Waals surface area contributed by atoms with Crippen LogP contribution in [0.3, 0.4) is 0 Å². The van der Waals surface area contributed by atoms with Crippen LogP contribution in [0.5, 0.6) is 0 Å². The van der Waals surface area contributed by atoms with Gasteiger partial charge in [-0.1, -0.05) is 4.49 Å². The quantitative estimate of drug-likeness (QED) is 0.475. The predicted octanol–water partition coefficient (Wildman–Crippen LogP) is 0.369. The highest BCUT2D eigenvalue weighted by Crippen LogP contribution is 2.29. The largest absolute Gasteiger partial charge is 0.358 e. The molecule has 2 rings (SSSR count). The minimum Gasteiger partial charge on any atom is -0.358 e. The van der Waals surface area contributed by atoms with Gasteiger partial charge in [-0.3, -0.25) is 0 Å². The average Bonchev–Trinajstić information content (AvgIpc) is 2.98. The van der Waals surface area contributed by atoms with Gasteiger partial charge in [0.15, 0.2) is 21.3 Å². The van der Waals surface area contributed by atoms with Crippen LogP contribution < -0.4 is 0 Å². The maximum atomic E-state index is 11.4. The van der Waals surface area contributed by atoms with Crippen molar-refractivity contribution in [3.63, 3.8) is 0 Å². The van der Waals surface area contributed by atoms with Crippen molar-refractivity contribution < 1.29 is 13.7 Å². The molecule has 0 aliphatic heterocycles. The minimum absolute atomic E-state index is 0.0913. The monoisotopic (exact) mass is 304 g/mol. The maximum absolute atomic E-state index is 11.4. The van der Waals surface area contributed by atoms with Gasteiger partial charge in [0.2, 0.25) is 5.82 Å². The van der Waals surface area contributed by atoms with E-state index in [1.54, 1.807) is 6.92 Å². The highest BCUT2D eigenvalue weighted by atomic mass is 32.2. The van der Waals surface area contributed by atoms with Gasteiger partial charge in [-0.05, 0) is 17.1 Å². The molecule has 0 amide bonds. The normalized spacial score (nSPS) is 14.2. The molecule has 2 atom stereocenters. The number of hydrogen-bond acceptors (Lipinski definition) is 8. The van der Waals surface area contributed by atoms with E-state index in [0.29, 0.717) is 0 Å². The Morgan fingerprint density at radius 1 is 1.68 bits per heavy atom. The fraction of sp³-hybridized carbons (Fsp3) is 0.429. The number of aromatic nitrogens is 5. The van der Waals surface area contributed by atoms with Crippen LogP contribution in [0.2, 0.25) is 0 Å². The van der Waals surface area contributed by atoms with Crippen LogP contribution in [0.1, 0.15) is 23.0 Å². The molecule has 0 radical (unpaired) electrons. The van der Waals surface area contributed by atoms with E-state index in [1.165, 1.54) is 4.57 Å². The van der Waals surface area contributed by atoms with E-state index >= 15 is 0 Å². The molecule has 0 aliphatic carbocycles. The fourth-order valence-corrected chi connectivity index (χ4v) is 2.98. The van der Waals surface area contributed by atoms with Crippen molar-refractivity contribution >= 4 is 28.4 Å². The van der Waals surface area contributed by atoms with Gasteiger partial charge in [-0.2, -0.15) is 0 Å². The Bertz CT molecular complexity index is 611. The van der Waals surface area contributed by atoms with Gasteiger partial charge in [-0.25, -0.2) is 13.8 Å². The molecule has 2 aromatic heterocycles. The van der Waals surface area contributed by atoms with E-state index in [2.05, 4.69) is 19.8 Å². The lowest BCUT2D eigenvalue weighted by Crippen LogP contribution is -2.15. The Morgan fingerprint density at radius 3 is 2.89 bits per heavy atom. The van der Waals surface area contributed by atoms with Gasteiger partial charge < -0.3 is 14.7 Å². The van der Waals surface area contributed by atoms with Gasteiger partial charge in [0.05, 0.1) is 6.54 Å². The van der Waals surface area contributed by atoms with E-state index in [1.807, 2.05) is 0 Å². The smallest absolute Gasteiger partial charge is 0.342 e. The van der Waals surface area contributed by atoms with Gasteiger partial charge in [-0.15, -0.1) is 5.10 Å². The van der Waals surface area contributed by atoms with Crippen LogP contribution in [0.4, 0.5) is 5.82 Å². The van der Waals surface area contributed by atoms with Crippen LogP contribution >= 0.6 is 11.5 Å². The molecule has 0 spiro atoms. The second-order valence-electron chi connectivity index (χ2n) is 3.33. The average molecular weight is 304 g/mol.